The van der Waals surface area contributed by atoms with Gasteiger partial charge < -0.3 is 10.0 Å². The molecule has 6 nitrogen and oxygen atoms in total. The molecule has 120 valence electrons. The number of aliphatic hydroxyl groups excluding tert-OH is 1. The molecule has 0 radical (unpaired) electrons. The first kappa shape index (κ1) is 14.7. The highest BCUT2D eigenvalue weighted by Crippen LogP contribution is 2.28. The van der Waals surface area contributed by atoms with Crippen LogP contribution in [0.15, 0.2) is 42.7 Å². The Bertz CT molecular complexity index is 927. The Morgan fingerprint density at radius 1 is 1.33 bits per heavy atom. The van der Waals surface area contributed by atoms with E-state index in [4.69, 9.17) is 10.2 Å². The summed E-state index contributed by atoms with van der Waals surface area (Å²) in [5.41, 5.74) is 3.17. The maximum atomic E-state index is 9.54. The summed E-state index contributed by atoms with van der Waals surface area (Å²) in [7, 11) is 0. The SMILES string of the molecule is N#Cc1ccn2ncc(-c3cccc(N4CCC[C@@H]4CO)n3)c2c1. The molecule has 3 aromatic rings. The molecule has 0 aromatic carbocycles. The van der Waals surface area contributed by atoms with Gasteiger partial charge in [-0.1, -0.05) is 6.07 Å². The van der Waals surface area contributed by atoms with Gasteiger partial charge in [0.1, 0.15) is 5.82 Å². The number of rotatable bonds is 3. The van der Waals surface area contributed by atoms with Crippen molar-refractivity contribution in [3.05, 3.63) is 48.3 Å². The normalized spacial score (nSPS) is 17.3. The monoisotopic (exact) mass is 319 g/mol. The molecule has 0 unspecified atom stereocenters. The molecule has 1 saturated heterocycles. The number of nitriles is 1. The zero-order valence-electron chi connectivity index (χ0n) is 13.1. The minimum Gasteiger partial charge on any atom is -0.394 e. The van der Waals surface area contributed by atoms with E-state index in [0.717, 1.165) is 42.0 Å². The van der Waals surface area contributed by atoms with Crippen LogP contribution in [0.2, 0.25) is 0 Å². The number of hydrogen-bond acceptors (Lipinski definition) is 5. The maximum absolute atomic E-state index is 9.54. The lowest BCUT2D eigenvalue weighted by Gasteiger charge is -2.24. The summed E-state index contributed by atoms with van der Waals surface area (Å²) >= 11 is 0. The summed E-state index contributed by atoms with van der Waals surface area (Å²) in [6, 6.07) is 11.8. The van der Waals surface area contributed by atoms with Crippen LogP contribution in [0.3, 0.4) is 0 Å². The summed E-state index contributed by atoms with van der Waals surface area (Å²) in [5, 5.41) is 23.0. The molecule has 1 aliphatic rings. The first-order valence-electron chi connectivity index (χ1n) is 8.02. The molecule has 3 aromatic heterocycles. The molecule has 0 spiro atoms. The summed E-state index contributed by atoms with van der Waals surface area (Å²) in [4.78, 5) is 6.94. The van der Waals surface area contributed by atoms with Crippen LogP contribution < -0.4 is 4.90 Å². The molecule has 1 fully saturated rings. The Balaban J connectivity index is 1.78. The van der Waals surface area contributed by atoms with E-state index in [2.05, 4.69) is 16.1 Å². The van der Waals surface area contributed by atoms with Gasteiger partial charge in [0.25, 0.3) is 0 Å². The quantitative estimate of drug-likeness (QED) is 0.801. The predicted molar refractivity (Wildman–Crippen MR) is 90.6 cm³/mol. The van der Waals surface area contributed by atoms with Crippen molar-refractivity contribution in [3.63, 3.8) is 0 Å². The second-order valence-electron chi connectivity index (χ2n) is 5.97. The smallest absolute Gasteiger partial charge is 0.129 e. The highest BCUT2D eigenvalue weighted by atomic mass is 16.3. The summed E-state index contributed by atoms with van der Waals surface area (Å²) in [6.07, 6.45) is 5.61. The van der Waals surface area contributed by atoms with Gasteiger partial charge in [0.2, 0.25) is 0 Å². The fourth-order valence-electron chi connectivity index (χ4n) is 3.31. The lowest BCUT2D eigenvalue weighted by molar-refractivity contribution is 0.266. The zero-order chi connectivity index (χ0) is 16.5. The minimum atomic E-state index is 0.141. The molecule has 4 heterocycles. The number of fused-ring (bicyclic) bond motifs is 1. The van der Waals surface area contributed by atoms with Gasteiger partial charge in [-0.05, 0) is 37.1 Å². The molecule has 0 bridgehead atoms. The van der Waals surface area contributed by atoms with E-state index in [9.17, 15) is 5.11 Å². The first-order valence-corrected chi connectivity index (χ1v) is 8.02. The van der Waals surface area contributed by atoms with Crippen LogP contribution in [0.25, 0.3) is 16.8 Å². The van der Waals surface area contributed by atoms with E-state index < -0.39 is 0 Å². The van der Waals surface area contributed by atoms with E-state index >= 15 is 0 Å². The second kappa shape index (κ2) is 5.95. The Kier molecular flexibility index (Phi) is 3.63. The van der Waals surface area contributed by atoms with Crippen molar-refractivity contribution in [2.75, 3.05) is 18.1 Å². The number of aliphatic hydroxyl groups is 1. The van der Waals surface area contributed by atoms with Crippen molar-refractivity contribution in [1.29, 1.82) is 5.26 Å². The van der Waals surface area contributed by atoms with Gasteiger partial charge in [0, 0.05) is 18.3 Å². The molecule has 6 heteroatoms. The van der Waals surface area contributed by atoms with Crippen LogP contribution in [0.5, 0.6) is 0 Å². The lowest BCUT2D eigenvalue weighted by Crippen LogP contribution is -2.32. The van der Waals surface area contributed by atoms with Gasteiger partial charge in [0.05, 0.1) is 41.7 Å². The Labute approximate surface area is 139 Å². The van der Waals surface area contributed by atoms with Crippen molar-refractivity contribution in [2.45, 2.75) is 18.9 Å². The first-order chi connectivity index (χ1) is 11.8. The van der Waals surface area contributed by atoms with Crippen molar-refractivity contribution in [1.82, 2.24) is 14.6 Å². The van der Waals surface area contributed by atoms with Crippen LogP contribution in [-0.4, -0.2) is 38.9 Å². The third kappa shape index (κ3) is 2.39. The highest BCUT2D eigenvalue weighted by molar-refractivity contribution is 5.79. The van der Waals surface area contributed by atoms with Crippen molar-refractivity contribution in [3.8, 4) is 17.3 Å². The molecule has 24 heavy (non-hydrogen) atoms. The molecular formula is C18H17N5O. The zero-order valence-corrected chi connectivity index (χ0v) is 13.1. The summed E-state index contributed by atoms with van der Waals surface area (Å²) in [6.45, 7) is 1.06. The van der Waals surface area contributed by atoms with Crippen molar-refractivity contribution >= 4 is 11.3 Å². The average molecular weight is 319 g/mol. The molecular weight excluding hydrogens is 302 g/mol. The second-order valence-corrected chi connectivity index (χ2v) is 5.97. The lowest BCUT2D eigenvalue weighted by atomic mass is 10.1. The molecule has 0 saturated carbocycles. The largest absolute Gasteiger partial charge is 0.394 e. The summed E-state index contributed by atoms with van der Waals surface area (Å²) in [5.74, 6) is 0.875. The van der Waals surface area contributed by atoms with Gasteiger partial charge in [-0.25, -0.2) is 9.50 Å². The molecule has 1 atom stereocenters. The molecule has 0 aliphatic carbocycles. The Morgan fingerprint density at radius 3 is 3.08 bits per heavy atom. The van der Waals surface area contributed by atoms with E-state index in [-0.39, 0.29) is 12.6 Å². The number of pyridine rings is 2. The van der Waals surface area contributed by atoms with Gasteiger partial charge in [-0.15, -0.1) is 0 Å². The summed E-state index contributed by atoms with van der Waals surface area (Å²) < 4.78 is 1.75. The molecule has 0 amide bonds. The van der Waals surface area contributed by atoms with E-state index in [0.29, 0.717) is 5.56 Å². The van der Waals surface area contributed by atoms with E-state index in [1.807, 2.05) is 24.3 Å². The van der Waals surface area contributed by atoms with E-state index in [1.165, 1.54) is 0 Å². The third-order valence-corrected chi connectivity index (χ3v) is 4.54. The van der Waals surface area contributed by atoms with Gasteiger partial charge >= 0.3 is 0 Å². The number of hydrogen-bond donors (Lipinski definition) is 1. The molecule has 1 aliphatic heterocycles. The van der Waals surface area contributed by atoms with Gasteiger partial charge in [0.15, 0.2) is 0 Å². The number of aromatic nitrogens is 3. The van der Waals surface area contributed by atoms with Crippen LogP contribution in [-0.2, 0) is 0 Å². The number of nitrogens with zero attached hydrogens (tertiary/aromatic N) is 5. The molecule has 1 N–H and O–H groups in total. The predicted octanol–water partition coefficient (Wildman–Crippen LogP) is 2.23. The van der Waals surface area contributed by atoms with Crippen molar-refractivity contribution < 1.29 is 5.11 Å². The van der Waals surface area contributed by atoms with E-state index in [1.54, 1.807) is 23.0 Å². The van der Waals surface area contributed by atoms with Gasteiger partial charge in [-0.3, -0.25) is 0 Å². The average Bonchev–Trinajstić information content (AvgIpc) is 3.27. The Morgan fingerprint density at radius 2 is 2.25 bits per heavy atom. The maximum Gasteiger partial charge on any atom is 0.129 e. The fraction of sp³-hybridized carbons (Fsp3) is 0.278. The standard InChI is InChI=1S/C18H17N5O/c19-10-13-6-8-23-17(9-13)15(11-20-23)16-4-1-5-18(21-16)22-7-2-3-14(22)12-24/h1,4-6,8-9,11,14,24H,2-3,7,12H2/t14-/m1/s1. The Hall–Kier alpha value is -2.91. The fourth-order valence-corrected chi connectivity index (χ4v) is 3.31. The van der Waals surface area contributed by atoms with Crippen LogP contribution in [0, 0.1) is 11.3 Å². The van der Waals surface area contributed by atoms with Crippen LogP contribution in [0.1, 0.15) is 18.4 Å². The minimum absolute atomic E-state index is 0.141. The topological polar surface area (TPSA) is 77.5 Å². The number of anilines is 1. The highest BCUT2D eigenvalue weighted by Gasteiger charge is 2.25. The van der Waals surface area contributed by atoms with Crippen LogP contribution >= 0.6 is 0 Å². The van der Waals surface area contributed by atoms with Crippen molar-refractivity contribution in [2.24, 2.45) is 0 Å². The third-order valence-electron chi connectivity index (χ3n) is 4.54. The van der Waals surface area contributed by atoms with Gasteiger partial charge in [-0.2, -0.15) is 10.4 Å². The van der Waals surface area contributed by atoms with Crippen LogP contribution in [0.4, 0.5) is 5.82 Å². The molecule has 4 rings (SSSR count).